The van der Waals surface area contributed by atoms with Gasteiger partial charge in [-0.3, -0.25) is 9.59 Å². The monoisotopic (exact) mass is 518 g/mol. The van der Waals surface area contributed by atoms with Crippen molar-refractivity contribution in [1.82, 2.24) is 20.9 Å². The van der Waals surface area contributed by atoms with E-state index in [4.69, 9.17) is 4.74 Å². The second-order valence-corrected chi connectivity index (χ2v) is 10.6. The predicted molar refractivity (Wildman–Crippen MR) is 147 cm³/mol. The Morgan fingerprint density at radius 2 is 1.71 bits per heavy atom. The van der Waals surface area contributed by atoms with Crippen LogP contribution >= 0.6 is 0 Å². The van der Waals surface area contributed by atoms with Crippen molar-refractivity contribution < 1.29 is 19.1 Å². The average Bonchev–Trinajstić information content (AvgIpc) is 3.28. The zero-order valence-electron chi connectivity index (χ0n) is 22.6. The Labute approximate surface area is 223 Å². The number of hydrogen-bond donors (Lipinski definition) is 4. The van der Waals surface area contributed by atoms with E-state index in [0.29, 0.717) is 25.7 Å². The number of para-hydroxylation sites is 1. The van der Waals surface area contributed by atoms with Gasteiger partial charge in [-0.05, 0) is 49.8 Å². The first kappa shape index (κ1) is 27.2. The Kier molecular flexibility index (Phi) is 8.39. The van der Waals surface area contributed by atoms with Crippen molar-refractivity contribution in [3.05, 3.63) is 71.4 Å². The van der Waals surface area contributed by atoms with E-state index in [1.807, 2.05) is 82.3 Å². The van der Waals surface area contributed by atoms with Crippen molar-refractivity contribution >= 4 is 28.8 Å². The molecule has 4 rings (SSSR count). The maximum atomic E-state index is 13.8. The molecule has 1 aliphatic carbocycles. The Hall–Kier alpha value is -3.81. The maximum Gasteiger partial charge on any atom is 0.408 e. The summed E-state index contributed by atoms with van der Waals surface area (Å²) in [5, 5.41) is 9.92. The molecule has 3 atom stereocenters. The lowest BCUT2D eigenvalue weighted by Crippen LogP contribution is -2.65. The predicted octanol–water partition coefficient (Wildman–Crippen LogP) is 4.38. The van der Waals surface area contributed by atoms with Crippen LogP contribution in [0.15, 0.2) is 54.6 Å². The van der Waals surface area contributed by atoms with Crippen LogP contribution in [-0.2, 0) is 33.8 Å². The molecule has 4 N–H and O–H groups in total. The van der Waals surface area contributed by atoms with Gasteiger partial charge >= 0.3 is 6.09 Å². The second-order valence-electron chi connectivity index (χ2n) is 10.6. The molecule has 3 amide bonds. The van der Waals surface area contributed by atoms with E-state index in [1.165, 1.54) is 0 Å². The first-order chi connectivity index (χ1) is 18.2. The molecule has 8 heteroatoms. The summed E-state index contributed by atoms with van der Waals surface area (Å²) in [5.74, 6) is -0.777. The van der Waals surface area contributed by atoms with Crippen LogP contribution in [0.5, 0.6) is 0 Å². The Bertz CT molecular complexity index is 1290. The molecule has 38 heavy (non-hydrogen) atoms. The van der Waals surface area contributed by atoms with E-state index in [0.717, 1.165) is 27.7 Å². The molecule has 0 saturated heterocycles. The summed E-state index contributed by atoms with van der Waals surface area (Å²) < 4.78 is 5.39. The van der Waals surface area contributed by atoms with Crippen LogP contribution in [0.4, 0.5) is 4.79 Å². The van der Waals surface area contributed by atoms with E-state index in [2.05, 4.69) is 20.9 Å². The normalized spacial score (nSPS) is 18.3. The van der Waals surface area contributed by atoms with Gasteiger partial charge in [0.1, 0.15) is 18.2 Å². The molecule has 2 aromatic carbocycles. The highest BCUT2D eigenvalue weighted by atomic mass is 16.5. The number of H-pyrrole nitrogens is 1. The van der Waals surface area contributed by atoms with Gasteiger partial charge in [-0.25, -0.2) is 4.79 Å². The van der Waals surface area contributed by atoms with Gasteiger partial charge in [-0.1, -0.05) is 68.8 Å². The SMILES string of the molecule is CC[C@H](C)[C@H](NC(=O)OCc1ccccc1)C(=O)N[C@]1(C(=O)NC(C)C)CCc2[nH]c3ccccc3c2C1. The van der Waals surface area contributed by atoms with Crippen molar-refractivity contribution in [2.75, 3.05) is 0 Å². The average molecular weight is 519 g/mol. The van der Waals surface area contributed by atoms with Gasteiger partial charge in [0.25, 0.3) is 0 Å². The number of rotatable bonds is 9. The van der Waals surface area contributed by atoms with Crippen LogP contribution in [0, 0.1) is 5.92 Å². The number of alkyl carbamates (subject to hydrolysis) is 1. The van der Waals surface area contributed by atoms with Crippen molar-refractivity contribution in [3.63, 3.8) is 0 Å². The number of nitrogens with one attached hydrogen (secondary N) is 4. The summed E-state index contributed by atoms with van der Waals surface area (Å²) in [5.41, 5.74) is 2.87. The van der Waals surface area contributed by atoms with Gasteiger partial charge in [0.2, 0.25) is 11.8 Å². The number of aryl methyl sites for hydroxylation is 1. The lowest BCUT2D eigenvalue weighted by Gasteiger charge is -2.39. The van der Waals surface area contributed by atoms with Crippen LogP contribution in [0.25, 0.3) is 10.9 Å². The molecule has 1 heterocycles. The van der Waals surface area contributed by atoms with Crippen LogP contribution in [0.3, 0.4) is 0 Å². The van der Waals surface area contributed by atoms with Crippen LogP contribution in [0.1, 0.15) is 57.4 Å². The molecule has 0 aliphatic heterocycles. The number of aromatic amines is 1. The molecule has 1 aromatic heterocycles. The van der Waals surface area contributed by atoms with Gasteiger partial charge in [0.15, 0.2) is 0 Å². The third kappa shape index (κ3) is 6.01. The zero-order valence-corrected chi connectivity index (χ0v) is 22.6. The number of amides is 3. The largest absolute Gasteiger partial charge is 0.445 e. The van der Waals surface area contributed by atoms with E-state index in [9.17, 15) is 14.4 Å². The molecule has 0 saturated carbocycles. The number of ether oxygens (including phenoxy) is 1. The minimum atomic E-state index is -1.14. The molecule has 0 spiro atoms. The summed E-state index contributed by atoms with van der Waals surface area (Å²) in [6, 6.07) is 16.4. The van der Waals surface area contributed by atoms with Gasteiger partial charge in [-0.2, -0.15) is 0 Å². The molecule has 0 radical (unpaired) electrons. The van der Waals surface area contributed by atoms with Crippen molar-refractivity contribution in [2.45, 2.75) is 77.6 Å². The quantitative estimate of drug-likeness (QED) is 0.337. The Morgan fingerprint density at radius 3 is 2.42 bits per heavy atom. The maximum absolute atomic E-state index is 13.8. The molecular weight excluding hydrogens is 480 g/mol. The highest BCUT2D eigenvalue weighted by Crippen LogP contribution is 2.34. The summed E-state index contributed by atoms with van der Waals surface area (Å²) in [7, 11) is 0. The lowest BCUT2D eigenvalue weighted by atomic mass is 9.78. The number of carbonyl (C=O) groups excluding carboxylic acids is 3. The molecule has 0 fully saturated rings. The van der Waals surface area contributed by atoms with E-state index in [1.54, 1.807) is 0 Å². The van der Waals surface area contributed by atoms with E-state index < -0.39 is 23.6 Å². The van der Waals surface area contributed by atoms with Crippen molar-refractivity contribution in [2.24, 2.45) is 5.92 Å². The summed E-state index contributed by atoms with van der Waals surface area (Å²) in [6.07, 6.45) is 1.42. The molecule has 0 unspecified atom stereocenters. The topological polar surface area (TPSA) is 112 Å². The number of benzene rings is 2. The van der Waals surface area contributed by atoms with Crippen LogP contribution in [-0.4, -0.2) is 40.5 Å². The first-order valence-electron chi connectivity index (χ1n) is 13.4. The van der Waals surface area contributed by atoms with Gasteiger partial charge < -0.3 is 25.7 Å². The molecule has 8 nitrogen and oxygen atoms in total. The minimum Gasteiger partial charge on any atom is -0.445 e. The minimum absolute atomic E-state index is 0.0860. The molecule has 0 bridgehead atoms. The highest BCUT2D eigenvalue weighted by molar-refractivity contribution is 5.96. The number of hydrogen-bond acceptors (Lipinski definition) is 4. The Morgan fingerprint density at radius 1 is 1.00 bits per heavy atom. The number of carbonyl (C=O) groups is 3. The molecule has 202 valence electrons. The fourth-order valence-electron chi connectivity index (χ4n) is 5.06. The Balaban J connectivity index is 1.56. The van der Waals surface area contributed by atoms with Crippen LogP contribution in [0.2, 0.25) is 0 Å². The lowest BCUT2D eigenvalue weighted by molar-refractivity contribution is -0.136. The molecule has 3 aromatic rings. The summed E-state index contributed by atoms with van der Waals surface area (Å²) in [6.45, 7) is 7.77. The fraction of sp³-hybridized carbons (Fsp3) is 0.433. The first-order valence-corrected chi connectivity index (χ1v) is 13.4. The molecular formula is C30H38N4O4. The third-order valence-electron chi connectivity index (χ3n) is 7.38. The fourth-order valence-corrected chi connectivity index (χ4v) is 5.06. The zero-order chi connectivity index (χ0) is 27.3. The van der Waals surface area contributed by atoms with E-state index >= 15 is 0 Å². The number of aromatic nitrogens is 1. The summed E-state index contributed by atoms with van der Waals surface area (Å²) >= 11 is 0. The van der Waals surface area contributed by atoms with Crippen LogP contribution < -0.4 is 16.0 Å². The number of fused-ring (bicyclic) bond motifs is 3. The smallest absolute Gasteiger partial charge is 0.408 e. The van der Waals surface area contributed by atoms with Gasteiger partial charge in [-0.15, -0.1) is 0 Å². The van der Waals surface area contributed by atoms with Crippen molar-refractivity contribution in [1.29, 1.82) is 0 Å². The van der Waals surface area contributed by atoms with Crippen molar-refractivity contribution in [3.8, 4) is 0 Å². The van der Waals surface area contributed by atoms with Gasteiger partial charge in [0, 0.05) is 29.1 Å². The van der Waals surface area contributed by atoms with Gasteiger partial charge in [0.05, 0.1) is 0 Å². The van der Waals surface area contributed by atoms with E-state index in [-0.39, 0.29) is 24.5 Å². The standard InChI is InChI=1S/C30H38N4O4/c1-5-20(4)26(33-29(37)38-18-21-11-7-6-8-12-21)27(35)34-30(28(36)31-19(2)3)16-15-25-23(17-30)22-13-9-10-14-24(22)32-25/h6-14,19-20,26,32H,5,15-18H2,1-4H3,(H,31,36)(H,33,37)(H,34,35)/t20-,26-,30+/m0/s1. The second kappa shape index (κ2) is 11.7. The highest BCUT2D eigenvalue weighted by Gasteiger charge is 2.45. The summed E-state index contributed by atoms with van der Waals surface area (Å²) in [4.78, 5) is 43.5. The third-order valence-corrected chi connectivity index (χ3v) is 7.38. The molecule has 1 aliphatic rings.